The lowest BCUT2D eigenvalue weighted by molar-refractivity contribution is -0.137. The number of para-hydroxylation sites is 1. The molecule has 0 atom stereocenters. The highest BCUT2D eigenvalue weighted by Gasteiger charge is 2.31. The van der Waals surface area contributed by atoms with E-state index in [9.17, 15) is 18.0 Å². The molecule has 0 bridgehead atoms. The Morgan fingerprint density at radius 2 is 1.80 bits per heavy atom. The average molecular weight is 622 g/mol. The normalized spacial score (nSPS) is 12.8. The summed E-state index contributed by atoms with van der Waals surface area (Å²) in [5, 5.41) is 4.63. The molecule has 6 rings (SSSR count). The number of fused-ring (bicyclic) bond motifs is 2. The van der Waals surface area contributed by atoms with Gasteiger partial charge >= 0.3 is 6.18 Å². The topological polar surface area (TPSA) is 74.9 Å². The molecule has 5 aromatic rings. The first-order valence-corrected chi connectivity index (χ1v) is 13.1. The molecule has 0 saturated heterocycles. The summed E-state index contributed by atoms with van der Waals surface area (Å²) in [5.41, 5.74) is 0.603. The second kappa shape index (κ2) is 10.7. The molecular formula is C30H19BrF3N3O4. The molecule has 0 amide bonds. The van der Waals surface area contributed by atoms with Gasteiger partial charge in [0.05, 0.1) is 27.2 Å². The molecule has 1 aliphatic heterocycles. The first kappa shape index (κ1) is 26.6. The smallest absolute Gasteiger partial charge is 0.416 e. The van der Waals surface area contributed by atoms with Crippen LogP contribution in [-0.2, 0) is 12.8 Å². The van der Waals surface area contributed by atoms with Gasteiger partial charge in [0, 0.05) is 5.56 Å². The van der Waals surface area contributed by atoms with Crippen LogP contribution in [0.4, 0.5) is 13.2 Å². The van der Waals surface area contributed by atoms with Crippen LogP contribution in [0.15, 0.2) is 99.3 Å². The summed E-state index contributed by atoms with van der Waals surface area (Å²) in [7, 11) is 0. The highest BCUT2D eigenvalue weighted by Crippen LogP contribution is 2.34. The number of rotatable bonds is 6. The Hall–Kier alpha value is -4.64. The van der Waals surface area contributed by atoms with E-state index in [1.165, 1.54) is 18.3 Å². The van der Waals surface area contributed by atoms with Gasteiger partial charge in [-0.15, -0.1) is 0 Å². The van der Waals surface area contributed by atoms with Gasteiger partial charge in [-0.25, -0.2) is 4.98 Å². The van der Waals surface area contributed by atoms with Gasteiger partial charge in [-0.3, -0.25) is 4.79 Å². The molecule has 1 aliphatic rings. The van der Waals surface area contributed by atoms with Crippen LogP contribution in [0.5, 0.6) is 17.2 Å². The zero-order chi connectivity index (χ0) is 28.6. The third-order valence-electron chi connectivity index (χ3n) is 6.31. The third-order valence-corrected chi connectivity index (χ3v) is 6.93. The number of hydrogen-bond acceptors (Lipinski definition) is 6. The van der Waals surface area contributed by atoms with E-state index < -0.39 is 17.3 Å². The Balaban J connectivity index is 1.30. The second-order valence-corrected chi connectivity index (χ2v) is 9.91. The van der Waals surface area contributed by atoms with E-state index in [0.29, 0.717) is 39.4 Å². The highest BCUT2D eigenvalue weighted by atomic mass is 79.9. The van der Waals surface area contributed by atoms with Crippen molar-refractivity contribution in [3.63, 3.8) is 0 Å². The molecule has 2 heterocycles. The molecule has 0 saturated carbocycles. The van der Waals surface area contributed by atoms with E-state index in [1.807, 2.05) is 18.2 Å². The number of aromatic nitrogens is 2. The summed E-state index contributed by atoms with van der Waals surface area (Å²) in [4.78, 5) is 17.9. The van der Waals surface area contributed by atoms with Crippen molar-refractivity contribution in [2.75, 3.05) is 6.79 Å². The van der Waals surface area contributed by atoms with E-state index >= 15 is 0 Å². The molecule has 7 nitrogen and oxygen atoms in total. The molecule has 4 aromatic carbocycles. The van der Waals surface area contributed by atoms with Crippen molar-refractivity contribution in [1.82, 2.24) is 9.66 Å². The Morgan fingerprint density at radius 3 is 2.63 bits per heavy atom. The van der Waals surface area contributed by atoms with Gasteiger partial charge < -0.3 is 14.2 Å². The summed E-state index contributed by atoms with van der Waals surface area (Å²) >= 11 is 3.50. The fourth-order valence-corrected chi connectivity index (χ4v) is 4.79. The molecular weight excluding hydrogens is 603 g/mol. The lowest BCUT2D eigenvalue weighted by Crippen LogP contribution is -2.20. The Labute approximate surface area is 239 Å². The van der Waals surface area contributed by atoms with Crippen molar-refractivity contribution in [2.45, 2.75) is 12.8 Å². The fourth-order valence-electron chi connectivity index (χ4n) is 4.28. The van der Waals surface area contributed by atoms with Crippen LogP contribution in [0.2, 0.25) is 0 Å². The molecule has 0 aliphatic carbocycles. The van der Waals surface area contributed by atoms with Gasteiger partial charge in [0.1, 0.15) is 12.4 Å². The van der Waals surface area contributed by atoms with Crippen LogP contribution in [0.25, 0.3) is 22.3 Å². The highest BCUT2D eigenvalue weighted by molar-refractivity contribution is 9.10. The molecule has 11 heteroatoms. The standard InChI is InChI=1S/C30H19BrF3N3O4/c31-23-12-18(8-10-25(23)39-16-19-9-11-26-27(13-19)41-17-40-26)15-35-37-28(20-4-3-5-21(14-20)30(32,33)34)36-24-7-2-1-6-22(24)29(37)38/h1-15H,16-17H2. The van der Waals surface area contributed by atoms with Crippen molar-refractivity contribution < 1.29 is 27.4 Å². The van der Waals surface area contributed by atoms with Gasteiger partial charge in [0.25, 0.3) is 5.56 Å². The maximum atomic E-state index is 13.4. The van der Waals surface area contributed by atoms with E-state index in [1.54, 1.807) is 42.5 Å². The summed E-state index contributed by atoms with van der Waals surface area (Å²) in [5.74, 6) is 1.92. The summed E-state index contributed by atoms with van der Waals surface area (Å²) in [6, 6.07) is 22.1. The number of halogens is 4. The Morgan fingerprint density at radius 1 is 0.976 bits per heavy atom. The summed E-state index contributed by atoms with van der Waals surface area (Å²) in [6.45, 7) is 0.484. The molecule has 0 N–H and O–H groups in total. The van der Waals surface area contributed by atoms with Gasteiger partial charge in [0.2, 0.25) is 6.79 Å². The van der Waals surface area contributed by atoms with E-state index in [-0.39, 0.29) is 23.6 Å². The molecule has 206 valence electrons. The van der Waals surface area contributed by atoms with Crippen molar-refractivity contribution in [3.8, 4) is 28.6 Å². The van der Waals surface area contributed by atoms with Crippen molar-refractivity contribution >= 4 is 33.0 Å². The Kier molecular flexibility index (Phi) is 6.96. The van der Waals surface area contributed by atoms with Gasteiger partial charge in [-0.1, -0.05) is 30.3 Å². The average Bonchev–Trinajstić information content (AvgIpc) is 3.44. The second-order valence-electron chi connectivity index (χ2n) is 9.06. The minimum Gasteiger partial charge on any atom is -0.488 e. The first-order chi connectivity index (χ1) is 19.8. The zero-order valence-electron chi connectivity index (χ0n) is 21.1. The minimum atomic E-state index is -4.56. The fraction of sp³-hybridized carbons (Fsp3) is 0.100. The summed E-state index contributed by atoms with van der Waals surface area (Å²) in [6.07, 6.45) is -3.12. The van der Waals surface area contributed by atoms with Crippen molar-refractivity contribution in [2.24, 2.45) is 5.10 Å². The lowest BCUT2D eigenvalue weighted by atomic mass is 10.1. The Bertz CT molecular complexity index is 1870. The predicted octanol–water partition coefficient (Wildman–Crippen LogP) is 7.03. The molecule has 0 radical (unpaired) electrons. The molecule has 0 spiro atoms. The number of ether oxygens (including phenoxy) is 3. The zero-order valence-corrected chi connectivity index (χ0v) is 22.6. The van der Waals surface area contributed by atoms with Crippen molar-refractivity contribution in [3.05, 3.63) is 116 Å². The van der Waals surface area contributed by atoms with E-state index in [0.717, 1.165) is 22.4 Å². The van der Waals surface area contributed by atoms with Crippen LogP contribution in [0.1, 0.15) is 16.7 Å². The quantitative estimate of drug-likeness (QED) is 0.190. The molecule has 1 aromatic heterocycles. The largest absolute Gasteiger partial charge is 0.488 e. The number of nitrogens with zero attached hydrogens (tertiary/aromatic N) is 3. The monoisotopic (exact) mass is 621 g/mol. The SMILES string of the molecule is O=c1c2ccccc2nc(-c2cccc(C(F)(F)F)c2)n1N=Cc1ccc(OCc2ccc3c(c2)OCO3)c(Br)c1. The molecule has 0 unspecified atom stereocenters. The number of hydrogen-bond donors (Lipinski definition) is 0. The van der Waals surface area contributed by atoms with E-state index in [4.69, 9.17) is 14.2 Å². The van der Waals surface area contributed by atoms with Crippen LogP contribution < -0.4 is 19.8 Å². The van der Waals surface area contributed by atoms with Crippen molar-refractivity contribution in [1.29, 1.82) is 0 Å². The number of benzene rings is 4. The summed E-state index contributed by atoms with van der Waals surface area (Å²) < 4.78 is 58.6. The van der Waals surface area contributed by atoms with Crippen LogP contribution >= 0.6 is 15.9 Å². The maximum absolute atomic E-state index is 13.4. The third kappa shape index (κ3) is 5.53. The van der Waals surface area contributed by atoms with Crippen LogP contribution in [-0.4, -0.2) is 22.7 Å². The predicted molar refractivity (Wildman–Crippen MR) is 150 cm³/mol. The number of alkyl halides is 3. The minimum absolute atomic E-state index is 0.0150. The van der Waals surface area contributed by atoms with Crippen LogP contribution in [0, 0.1) is 0 Å². The maximum Gasteiger partial charge on any atom is 0.416 e. The van der Waals surface area contributed by atoms with Crippen LogP contribution in [0.3, 0.4) is 0 Å². The van der Waals surface area contributed by atoms with Gasteiger partial charge in [-0.2, -0.15) is 22.9 Å². The van der Waals surface area contributed by atoms with E-state index in [2.05, 4.69) is 26.0 Å². The lowest BCUT2D eigenvalue weighted by Gasteiger charge is -2.12. The molecule has 41 heavy (non-hydrogen) atoms. The molecule has 0 fully saturated rings. The van der Waals surface area contributed by atoms with Gasteiger partial charge in [0.15, 0.2) is 17.3 Å². The first-order valence-electron chi connectivity index (χ1n) is 12.3. The van der Waals surface area contributed by atoms with Gasteiger partial charge in [-0.05, 0) is 81.7 Å².